The average molecular weight is 671 g/mol. The number of phenolic OH excluding ortho intramolecular Hbond substituents is 2. The molecule has 3 atom stereocenters. The van der Waals surface area contributed by atoms with Crippen molar-refractivity contribution in [2.24, 2.45) is 22.2 Å². The minimum Gasteiger partial charge on any atom is -0.506 e. The molecule has 0 amide bonds. The van der Waals surface area contributed by atoms with E-state index < -0.39 is 50.6 Å². The summed E-state index contributed by atoms with van der Waals surface area (Å²) in [5.41, 5.74) is 1.27. The summed E-state index contributed by atoms with van der Waals surface area (Å²) in [6, 6.07) is 3.68. The Balaban J connectivity index is 2.32. The third-order valence-corrected chi connectivity index (χ3v) is 10.8. The predicted octanol–water partition coefficient (Wildman–Crippen LogP) is 10.6. The van der Waals surface area contributed by atoms with E-state index in [0.717, 1.165) is 42.9 Å². The van der Waals surface area contributed by atoms with Gasteiger partial charge in [0.15, 0.2) is 28.8 Å². The van der Waals surface area contributed by atoms with Crippen LogP contribution in [-0.2, 0) is 14.4 Å². The highest BCUT2D eigenvalue weighted by Gasteiger charge is 2.73. The molecule has 0 spiro atoms. The number of carbonyl (C=O) groups excluding carboxylic acids is 3. The van der Waals surface area contributed by atoms with Gasteiger partial charge in [0.05, 0.1) is 5.41 Å². The minimum atomic E-state index is -1.61. The molecule has 2 aliphatic carbocycles. The minimum absolute atomic E-state index is 0.0182. The molecule has 49 heavy (non-hydrogen) atoms. The normalized spacial score (nSPS) is 24.8. The van der Waals surface area contributed by atoms with Crippen LogP contribution in [0.4, 0.5) is 0 Å². The number of aliphatic hydroxyl groups is 1. The first kappa shape index (κ1) is 39.5. The first-order valence-corrected chi connectivity index (χ1v) is 17.6. The van der Waals surface area contributed by atoms with Crippen molar-refractivity contribution in [1.29, 1.82) is 0 Å². The third-order valence-electron chi connectivity index (χ3n) is 10.8. The summed E-state index contributed by atoms with van der Waals surface area (Å²) in [4.78, 5) is 45.1. The maximum Gasteiger partial charge on any atom is 0.184 e. The Morgan fingerprint density at radius 1 is 0.735 bits per heavy atom. The quantitative estimate of drug-likeness (QED) is 0.0481. The Morgan fingerprint density at radius 2 is 1.29 bits per heavy atom. The molecular weight excluding hydrogens is 612 g/mol. The monoisotopic (exact) mass is 670 g/mol. The van der Waals surface area contributed by atoms with Gasteiger partial charge in [0, 0.05) is 5.56 Å². The highest BCUT2D eigenvalue weighted by atomic mass is 16.3. The summed E-state index contributed by atoms with van der Waals surface area (Å²) in [6.45, 7) is 20.2. The molecule has 0 aliphatic heterocycles. The summed E-state index contributed by atoms with van der Waals surface area (Å²) in [6.07, 6.45) is 15.0. The van der Waals surface area contributed by atoms with E-state index in [2.05, 4.69) is 52.8 Å². The summed E-state index contributed by atoms with van der Waals surface area (Å²) < 4.78 is 0. The molecule has 1 aromatic rings. The lowest BCUT2D eigenvalue weighted by Crippen LogP contribution is -2.69. The van der Waals surface area contributed by atoms with E-state index in [1.54, 1.807) is 0 Å². The van der Waals surface area contributed by atoms with Crippen LogP contribution in [0, 0.1) is 22.2 Å². The molecule has 2 saturated carbocycles. The number of hydrogen-bond acceptors (Lipinski definition) is 6. The lowest BCUT2D eigenvalue weighted by atomic mass is 9.38. The summed E-state index contributed by atoms with van der Waals surface area (Å²) in [5, 5.41) is 31.9. The van der Waals surface area contributed by atoms with E-state index in [0.29, 0.717) is 6.42 Å². The summed E-state index contributed by atoms with van der Waals surface area (Å²) in [7, 11) is 0. The molecule has 3 rings (SSSR count). The molecule has 0 unspecified atom stereocenters. The number of allylic oxidation sites excluding steroid dienone is 11. The molecule has 6 heteroatoms. The maximum atomic E-state index is 15.2. The standard InChI is InChI=1S/C43H58O6/c1-27(2)13-11-15-30(7)17-19-33-26-42(23-22-31(8)16-12-14-28(3)4)38(47)36(37(46)32-18-20-34(44)35(45)25-32)39(48)43(40(42)49,41(33,9)10)24-21-29(5)6/h13-14,17-18,20-22,25,33,44-46H,11-12,15-16,19,23-24,26H2,1-10H3/b30-17+,31-22+,37-36-/t33-,42-,43+/m1/s1. The summed E-state index contributed by atoms with van der Waals surface area (Å²) >= 11 is 0. The van der Waals surface area contributed by atoms with Crippen molar-refractivity contribution >= 4 is 23.1 Å². The zero-order valence-electron chi connectivity index (χ0n) is 31.4. The topological polar surface area (TPSA) is 112 Å². The number of hydrogen-bond donors (Lipinski definition) is 3. The van der Waals surface area contributed by atoms with Gasteiger partial charge in [0.25, 0.3) is 0 Å². The number of aromatic hydroxyl groups is 2. The van der Waals surface area contributed by atoms with Crippen LogP contribution >= 0.6 is 0 Å². The van der Waals surface area contributed by atoms with Crippen LogP contribution in [-0.4, -0.2) is 32.7 Å². The van der Waals surface area contributed by atoms with Gasteiger partial charge in [-0.15, -0.1) is 0 Å². The van der Waals surface area contributed by atoms with E-state index in [9.17, 15) is 20.1 Å². The first-order valence-electron chi connectivity index (χ1n) is 17.6. The molecule has 6 nitrogen and oxygen atoms in total. The van der Waals surface area contributed by atoms with Gasteiger partial charge >= 0.3 is 0 Å². The van der Waals surface area contributed by atoms with E-state index in [1.807, 2.05) is 46.8 Å². The van der Waals surface area contributed by atoms with Crippen LogP contribution < -0.4 is 0 Å². The van der Waals surface area contributed by atoms with Crippen molar-refractivity contribution in [3.8, 4) is 11.5 Å². The van der Waals surface area contributed by atoms with Crippen LogP contribution in [0.2, 0.25) is 0 Å². The first-order chi connectivity index (χ1) is 22.8. The molecule has 2 aliphatic rings. The van der Waals surface area contributed by atoms with Gasteiger partial charge in [-0.3, -0.25) is 14.4 Å². The Morgan fingerprint density at radius 3 is 1.82 bits per heavy atom. The van der Waals surface area contributed by atoms with E-state index in [-0.39, 0.29) is 36.5 Å². The number of phenols is 2. The number of fused-ring (bicyclic) bond motifs is 2. The van der Waals surface area contributed by atoms with Gasteiger partial charge < -0.3 is 15.3 Å². The molecule has 0 saturated heterocycles. The Kier molecular flexibility index (Phi) is 12.7. The molecular formula is C43H58O6. The van der Waals surface area contributed by atoms with Gasteiger partial charge in [-0.25, -0.2) is 0 Å². The van der Waals surface area contributed by atoms with Crippen LogP contribution in [0.1, 0.15) is 126 Å². The molecule has 0 aromatic heterocycles. The van der Waals surface area contributed by atoms with Crippen LogP contribution in [0.25, 0.3) is 5.76 Å². The van der Waals surface area contributed by atoms with Crippen molar-refractivity contribution in [2.45, 2.75) is 121 Å². The van der Waals surface area contributed by atoms with Gasteiger partial charge in [0.1, 0.15) is 16.7 Å². The number of aliphatic hydroxyl groups excluding tert-OH is 1. The highest BCUT2D eigenvalue weighted by molar-refractivity contribution is 6.41. The molecule has 2 fully saturated rings. The Bertz CT molecular complexity index is 1650. The van der Waals surface area contributed by atoms with E-state index in [4.69, 9.17) is 0 Å². The van der Waals surface area contributed by atoms with Crippen molar-refractivity contribution in [3.05, 3.63) is 87.6 Å². The second kappa shape index (κ2) is 15.7. The lowest BCUT2D eigenvalue weighted by Gasteiger charge is -2.60. The fraction of sp³-hybridized carbons (Fsp3) is 0.512. The van der Waals surface area contributed by atoms with Crippen LogP contribution in [0.5, 0.6) is 11.5 Å². The average Bonchev–Trinajstić information content (AvgIpc) is 3.00. The van der Waals surface area contributed by atoms with Crippen molar-refractivity contribution in [2.75, 3.05) is 0 Å². The van der Waals surface area contributed by atoms with Gasteiger partial charge in [0.2, 0.25) is 0 Å². The second-order valence-corrected chi connectivity index (χ2v) is 15.7. The zero-order valence-corrected chi connectivity index (χ0v) is 31.4. The number of ketones is 3. The van der Waals surface area contributed by atoms with Gasteiger partial charge in [-0.2, -0.15) is 0 Å². The molecule has 0 radical (unpaired) electrons. The molecule has 1 aromatic carbocycles. The lowest BCUT2D eigenvalue weighted by molar-refractivity contribution is -0.176. The van der Waals surface area contributed by atoms with Crippen LogP contribution in [0.15, 0.2) is 82.0 Å². The summed E-state index contributed by atoms with van der Waals surface area (Å²) in [5.74, 6) is -3.36. The fourth-order valence-corrected chi connectivity index (χ4v) is 7.52. The van der Waals surface area contributed by atoms with Crippen LogP contribution in [0.3, 0.4) is 0 Å². The van der Waals surface area contributed by atoms with Crippen molar-refractivity contribution in [1.82, 2.24) is 0 Å². The zero-order chi connectivity index (χ0) is 36.9. The van der Waals surface area contributed by atoms with E-state index >= 15 is 9.59 Å². The SMILES string of the molecule is CC(C)=CCC/C(C)=C/C[C@@H]1C[C@]2(C/C=C(\C)CCC=C(C)C)C(=O)/C(=C(/O)c3ccc(O)c(O)c3)C(=O)[C@@](CC=C(C)C)(C2=O)C1(C)C. The van der Waals surface area contributed by atoms with Gasteiger partial charge in [-0.1, -0.05) is 72.1 Å². The maximum absolute atomic E-state index is 15.2. The molecule has 2 bridgehead atoms. The molecule has 3 N–H and O–H groups in total. The molecule has 266 valence electrons. The highest BCUT2D eigenvalue weighted by Crippen LogP contribution is 2.65. The number of rotatable bonds is 13. The van der Waals surface area contributed by atoms with Crippen molar-refractivity contribution in [3.63, 3.8) is 0 Å². The number of carbonyl (C=O) groups is 3. The van der Waals surface area contributed by atoms with Crippen molar-refractivity contribution < 1.29 is 29.7 Å². The van der Waals surface area contributed by atoms with Gasteiger partial charge in [-0.05, 0) is 136 Å². The Hall–Kier alpha value is -3.93. The third kappa shape index (κ3) is 8.11. The fourth-order valence-electron chi connectivity index (χ4n) is 7.52. The molecule has 0 heterocycles. The Labute approximate surface area is 294 Å². The predicted molar refractivity (Wildman–Crippen MR) is 199 cm³/mol. The smallest absolute Gasteiger partial charge is 0.184 e. The second-order valence-electron chi connectivity index (χ2n) is 15.7. The largest absolute Gasteiger partial charge is 0.506 e. The number of Topliss-reactive ketones (excluding diaryl/α,β-unsaturated/α-hetero) is 3. The van der Waals surface area contributed by atoms with E-state index in [1.165, 1.54) is 28.9 Å². The number of benzene rings is 1.